The number of hydrogen-bond acceptors (Lipinski definition) is 12. The fraction of sp³-hybridized carbons (Fsp3) is 0.294. The molecule has 0 saturated carbocycles. The Morgan fingerprint density at radius 1 is 0.661 bits per heavy atom. The van der Waals surface area contributed by atoms with Crippen LogP contribution in [0.4, 0.5) is 30.7 Å². The van der Waals surface area contributed by atoms with Crippen molar-refractivity contribution in [1.29, 1.82) is 0 Å². The molecule has 0 atom stereocenters. The van der Waals surface area contributed by atoms with Crippen molar-refractivity contribution in [2.24, 2.45) is 0 Å². The number of nitrogens with zero attached hydrogens (tertiary/aromatic N) is 6. The van der Waals surface area contributed by atoms with Crippen molar-refractivity contribution in [2.45, 2.75) is 51.0 Å². The minimum atomic E-state index is -4.98. The summed E-state index contributed by atoms with van der Waals surface area (Å²) in [4.78, 5) is 37.0. The molecule has 0 fully saturated rings. The van der Waals surface area contributed by atoms with Crippen LogP contribution in [-0.4, -0.2) is 74.4 Å². The van der Waals surface area contributed by atoms with Gasteiger partial charge >= 0.3 is 25.7 Å². The molecule has 4 heterocycles. The molecule has 0 saturated heterocycles. The standard InChI is InChI=1S/C20H21F7N2O2.C12H8N2O4.2CNS.Ru/c1-2-18(21,22)12-30-9-14-3-5-16(28-7-14)17-6-4-15(8-29-17)10-31-13-19(23,24)11-20(25,26)27;15-7-17-9-1-3-13-11(5-9)12-6-10(18-8-16)2-4-14-12;2*2-1-3;/h3-8H,2,9-13H2,1H3;1-8H;;;/q;;2*-1;+2. The summed E-state index contributed by atoms with van der Waals surface area (Å²) >= 11 is 7.40. The van der Waals surface area contributed by atoms with Crippen molar-refractivity contribution in [3.63, 3.8) is 0 Å². The minimum absolute atomic E-state index is 0. The molecule has 0 amide bonds. The van der Waals surface area contributed by atoms with E-state index >= 15 is 0 Å². The molecule has 0 aliphatic rings. The molecule has 0 bridgehead atoms. The number of thiocarbonyl (C=S) groups is 2. The van der Waals surface area contributed by atoms with Gasteiger partial charge in [-0.3, -0.25) is 29.5 Å². The van der Waals surface area contributed by atoms with Crippen LogP contribution >= 0.6 is 24.4 Å². The van der Waals surface area contributed by atoms with Gasteiger partial charge in [-0.1, -0.05) is 43.5 Å². The SMILES string of the molecule is CCC(F)(F)COCc1ccc(-c2ccc(COCC(F)(F)CC(F)(F)F)cn2)nc1.O=COc1ccnc(-c2cc(OC=O)ccn2)c1.[N-]=C=S.[N-]=C=S.[Ru+2]. The molecule has 4 aromatic rings. The van der Waals surface area contributed by atoms with Crippen molar-refractivity contribution < 1.29 is 78.7 Å². The van der Waals surface area contributed by atoms with Gasteiger partial charge in [0.1, 0.15) is 31.1 Å². The molecule has 4 rings (SSSR count). The third kappa shape index (κ3) is 21.9. The smallest absolute Gasteiger partial charge is 0.753 e. The first-order chi connectivity index (χ1) is 26.0. The number of hydrogen-bond donors (Lipinski definition) is 0. The van der Waals surface area contributed by atoms with Crippen LogP contribution in [0.25, 0.3) is 33.6 Å². The number of halogens is 7. The van der Waals surface area contributed by atoms with Crippen LogP contribution in [0.5, 0.6) is 11.5 Å². The summed E-state index contributed by atoms with van der Waals surface area (Å²) in [6.45, 7) is -0.356. The predicted molar refractivity (Wildman–Crippen MR) is 190 cm³/mol. The average molecular weight is 916 g/mol. The molecule has 22 heteroatoms. The van der Waals surface area contributed by atoms with Crippen LogP contribution < -0.4 is 9.47 Å². The van der Waals surface area contributed by atoms with Crippen LogP contribution in [0.1, 0.15) is 30.9 Å². The summed E-state index contributed by atoms with van der Waals surface area (Å²) in [5, 5.41) is 16.9. The van der Waals surface area contributed by atoms with Gasteiger partial charge < -0.3 is 29.8 Å². The van der Waals surface area contributed by atoms with Gasteiger partial charge in [0.25, 0.3) is 24.8 Å². The molecular formula is C34H29F7N6O6RuS2. The Hall–Kier alpha value is -4.81. The molecule has 0 radical (unpaired) electrons. The normalized spacial score (nSPS) is 10.5. The van der Waals surface area contributed by atoms with Crippen molar-refractivity contribution in [3.8, 4) is 34.3 Å². The predicted octanol–water partition coefficient (Wildman–Crippen LogP) is 8.34. The van der Waals surface area contributed by atoms with E-state index in [2.05, 4.69) is 49.1 Å². The number of isothiocyanates is 2. The van der Waals surface area contributed by atoms with Gasteiger partial charge in [0, 0.05) is 43.3 Å². The number of carbonyl (C=O) groups is 2. The number of ether oxygens (including phenoxy) is 4. The summed E-state index contributed by atoms with van der Waals surface area (Å²) < 4.78 is 108. The Morgan fingerprint density at radius 2 is 1.05 bits per heavy atom. The molecule has 0 spiro atoms. The minimum Gasteiger partial charge on any atom is -0.753 e. The summed E-state index contributed by atoms with van der Waals surface area (Å²) in [7, 11) is 0. The van der Waals surface area contributed by atoms with E-state index in [1.54, 1.807) is 42.5 Å². The van der Waals surface area contributed by atoms with Crippen molar-refractivity contribution in [2.75, 3.05) is 13.2 Å². The van der Waals surface area contributed by atoms with Gasteiger partial charge in [-0.2, -0.15) is 23.5 Å². The molecule has 0 N–H and O–H groups in total. The Labute approximate surface area is 339 Å². The summed E-state index contributed by atoms with van der Waals surface area (Å²) in [6.07, 6.45) is -1.76. The number of alkyl halides is 7. The fourth-order valence-electron chi connectivity index (χ4n) is 3.77. The average Bonchev–Trinajstić information content (AvgIpc) is 3.13. The van der Waals surface area contributed by atoms with E-state index in [9.17, 15) is 40.3 Å². The zero-order valence-electron chi connectivity index (χ0n) is 28.8. The second kappa shape index (κ2) is 26.9. The van der Waals surface area contributed by atoms with E-state index in [-0.39, 0.29) is 39.1 Å². The van der Waals surface area contributed by atoms with Crippen LogP contribution in [0, 0.1) is 0 Å². The van der Waals surface area contributed by atoms with Gasteiger partial charge in [-0.05, 0) is 35.4 Å². The second-order valence-electron chi connectivity index (χ2n) is 10.3. The van der Waals surface area contributed by atoms with E-state index in [1.807, 2.05) is 0 Å². The van der Waals surface area contributed by atoms with Crippen molar-refractivity contribution in [1.82, 2.24) is 19.9 Å². The van der Waals surface area contributed by atoms with Gasteiger partial charge in [0.15, 0.2) is 0 Å². The first-order valence-electron chi connectivity index (χ1n) is 15.1. The molecule has 0 aliphatic carbocycles. The van der Waals surface area contributed by atoms with Crippen molar-refractivity contribution >= 4 is 47.7 Å². The van der Waals surface area contributed by atoms with E-state index in [0.29, 0.717) is 58.3 Å². The summed E-state index contributed by atoms with van der Waals surface area (Å²) in [5.41, 5.74) is 2.94. The number of pyridine rings is 4. The van der Waals surface area contributed by atoms with E-state index < -0.39 is 37.7 Å². The van der Waals surface area contributed by atoms with Gasteiger partial charge in [0.2, 0.25) is 0 Å². The maximum Gasteiger partial charge on any atom is 2.00 e. The zero-order valence-corrected chi connectivity index (χ0v) is 32.1. The maximum atomic E-state index is 13.2. The van der Waals surface area contributed by atoms with E-state index in [1.165, 1.54) is 48.1 Å². The quantitative estimate of drug-likeness (QED) is 0.0347. The zero-order chi connectivity index (χ0) is 41.3. The van der Waals surface area contributed by atoms with Crippen LogP contribution in [0.2, 0.25) is 0 Å². The molecule has 12 nitrogen and oxygen atoms in total. The monoisotopic (exact) mass is 916 g/mol. The molecule has 4 aromatic heterocycles. The van der Waals surface area contributed by atoms with E-state index in [4.69, 9.17) is 25.0 Å². The third-order valence-corrected chi connectivity index (χ3v) is 6.15. The first kappa shape index (κ1) is 51.2. The van der Waals surface area contributed by atoms with Crippen molar-refractivity contribution in [3.05, 3.63) is 95.3 Å². The molecule has 0 aliphatic heterocycles. The molecular weight excluding hydrogens is 887 g/mol. The largest absolute Gasteiger partial charge is 2.00 e. The Kier molecular flexibility index (Phi) is 24.6. The molecule has 0 unspecified atom stereocenters. The van der Waals surface area contributed by atoms with Crippen LogP contribution in [0.15, 0.2) is 73.3 Å². The number of aromatic nitrogens is 4. The van der Waals surface area contributed by atoms with Gasteiger partial charge in [0.05, 0.1) is 36.0 Å². The Morgan fingerprint density at radius 3 is 1.38 bits per heavy atom. The number of carbonyl (C=O) groups excluding carboxylic acids is 2. The molecule has 300 valence electrons. The Bertz CT molecular complexity index is 1770. The number of rotatable bonds is 16. The van der Waals surface area contributed by atoms with Crippen LogP contribution in [0.3, 0.4) is 0 Å². The first-order valence-corrected chi connectivity index (χ1v) is 15.9. The van der Waals surface area contributed by atoms with Gasteiger partial charge in [-0.15, -0.1) is 0 Å². The topological polar surface area (TPSA) is 167 Å². The second-order valence-corrected chi connectivity index (χ2v) is 10.7. The summed E-state index contributed by atoms with van der Waals surface area (Å²) in [6, 6.07) is 12.5. The molecule has 0 aromatic carbocycles. The third-order valence-electron chi connectivity index (χ3n) is 6.15. The summed E-state index contributed by atoms with van der Waals surface area (Å²) in [5.74, 6) is -6.17. The molecule has 56 heavy (non-hydrogen) atoms. The Balaban J connectivity index is 0.00000102. The van der Waals surface area contributed by atoms with E-state index in [0.717, 1.165) is 0 Å². The maximum absolute atomic E-state index is 13.2. The van der Waals surface area contributed by atoms with Gasteiger partial charge in [-0.25, -0.2) is 17.6 Å². The van der Waals surface area contributed by atoms with Crippen LogP contribution in [-0.2, 0) is 51.8 Å². The fourth-order valence-corrected chi connectivity index (χ4v) is 3.77.